The van der Waals surface area contributed by atoms with Crippen molar-refractivity contribution in [3.63, 3.8) is 0 Å². The standard InChI is InChI=1S/C36H32F5N5O4.BrH/c1-43(33(47)24-5-8-26(9-6-24)36(39,40)41)27-10-14-32(42-21-27)49-29-13-7-25-19-31(44(2)30(25)20-29)34(48)46-17-15-45(16-18-46)22-23-3-11-28(12-4-23)50-35(37)38;/h3-14,19-21,35H,15-18,22H2,1-2H3;1H. The quantitative estimate of drug-likeness (QED) is 0.142. The van der Waals surface area contributed by atoms with Crippen LogP contribution in [0.2, 0.25) is 0 Å². The molecule has 1 fully saturated rings. The van der Waals surface area contributed by atoms with Crippen molar-refractivity contribution < 1.29 is 41.0 Å². The largest absolute Gasteiger partial charge is 0.439 e. The fourth-order valence-corrected chi connectivity index (χ4v) is 5.75. The summed E-state index contributed by atoms with van der Waals surface area (Å²) in [5, 5.41) is 0.854. The second-order valence-electron chi connectivity index (χ2n) is 11.8. The smallest absolute Gasteiger partial charge is 0.416 e. The number of benzene rings is 3. The van der Waals surface area contributed by atoms with Gasteiger partial charge in [0.05, 0.1) is 23.0 Å². The van der Waals surface area contributed by atoms with Crippen molar-refractivity contribution in [2.45, 2.75) is 19.3 Å². The van der Waals surface area contributed by atoms with Gasteiger partial charge in [0, 0.05) is 69.9 Å². The number of piperazine rings is 1. The van der Waals surface area contributed by atoms with Crippen LogP contribution in [-0.4, -0.2) is 71.0 Å². The summed E-state index contributed by atoms with van der Waals surface area (Å²) in [6.45, 7) is 0.154. The van der Waals surface area contributed by atoms with Gasteiger partial charge < -0.3 is 23.8 Å². The highest BCUT2D eigenvalue weighted by molar-refractivity contribution is 8.93. The first-order valence-corrected chi connectivity index (χ1v) is 15.6. The molecular formula is C36H33BrF5N5O4. The number of aromatic nitrogens is 2. The monoisotopic (exact) mass is 773 g/mol. The van der Waals surface area contributed by atoms with Gasteiger partial charge in [0.1, 0.15) is 17.2 Å². The number of alkyl halides is 5. The molecule has 9 nitrogen and oxygen atoms in total. The van der Waals surface area contributed by atoms with E-state index in [4.69, 9.17) is 4.74 Å². The fraction of sp³-hybridized carbons (Fsp3) is 0.250. The van der Waals surface area contributed by atoms with Gasteiger partial charge in [0.25, 0.3) is 11.8 Å². The number of aryl methyl sites for hydroxylation is 1. The van der Waals surface area contributed by atoms with Crippen LogP contribution in [-0.2, 0) is 19.8 Å². The molecule has 15 heteroatoms. The molecule has 0 N–H and O–H groups in total. The number of anilines is 1. The fourth-order valence-electron chi connectivity index (χ4n) is 5.75. The van der Waals surface area contributed by atoms with Gasteiger partial charge in [-0.25, -0.2) is 4.98 Å². The summed E-state index contributed by atoms with van der Waals surface area (Å²) < 4.78 is 75.7. The summed E-state index contributed by atoms with van der Waals surface area (Å²) in [5.74, 6) is 0.258. The number of amides is 2. The van der Waals surface area contributed by atoms with Crippen LogP contribution < -0.4 is 14.4 Å². The zero-order valence-corrected chi connectivity index (χ0v) is 29.2. The Morgan fingerprint density at radius 1 is 0.882 bits per heavy atom. The Morgan fingerprint density at radius 2 is 1.55 bits per heavy atom. The van der Waals surface area contributed by atoms with E-state index in [9.17, 15) is 31.5 Å². The highest BCUT2D eigenvalue weighted by Gasteiger charge is 2.30. The van der Waals surface area contributed by atoms with Crippen molar-refractivity contribution in [1.82, 2.24) is 19.4 Å². The summed E-state index contributed by atoms with van der Waals surface area (Å²) in [7, 11) is 3.31. The zero-order chi connectivity index (χ0) is 35.6. The lowest BCUT2D eigenvalue weighted by atomic mass is 10.1. The summed E-state index contributed by atoms with van der Waals surface area (Å²) >= 11 is 0. The van der Waals surface area contributed by atoms with Crippen molar-refractivity contribution in [2.24, 2.45) is 7.05 Å². The number of ether oxygens (including phenoxy) is 2. The van der Waals surface area contributed by atoms with Crippen molar-refractivity contribution in [3.05, 3.63) is 114 Å². The first-order chi connectivity index (χ1) is 23.9. The van der Waals surface area contributed by atoms with Gasteiger partial charge in [0.15, 0.2) is 0 Å². The second-order valence-corrected chi connectivity index (χ2v) is 11.8. The van der Waals surface area contributed by atoms with Crippen LogP contribution in [0.15, 0.2) is 91.1 Å². The number of hydrogen-bond donors (Lipinski definition) is 0. The summed E-state index contributed by atoms with van der Waals surface area (Å²) in [4.78, 5) is 36.0. The van der Waals surface area contributed by atoms with Crippen LogP contribution in [0.25, 0.3) is 10.9 Å². The number of pyridine rings is 1. The average Bonchev–Trinajstić information content (AvgIpc) is 3.43. The first-order valence-electron chi connectivity index (χ1n) is 15.6. The molecule has 1 aliphatic rings. The molecule has 0 spiro atoms. The Bertz CT molecular complexity index is 1980. The maximum Gasteiger partial charge on any atom is 0.416 e. The molecule has 0 radical (unpaired) electrons. The Hall–Kier alpha value is -5.02. The third kappa shape index (κ3) is 8.66. The van der Waals surface area contributed by atoms with Crippen LogP contribution >= 0.6 is 17.0 Å². The molecule has 268 valence electrons. The molecule has 3 aromatic carbocycles. The molecule has 51 heavy (non-hydrogen) atoms. The van der Waals surface area contributed by atoms with Gasteiger partial charge in [0.2, 0.25) is 5.88 Å². The molecule has 1 saturated heterocycles. The topological polar surface area (TPSA) is 80.1 Å². The molecule has 5 aromatic rings. The van der Waals surface area contributed by atoms with Gasteiger partial charge in [-0.15, -0.1) is 17.0 Å². The Balaban J connectivity index is 0.00000504. The molecule has 0 aliphatic carbocycles. The van der Waals surface area contributed by atoms with E-state index >= 15 is 0 Å². The SMILES string of the molecule is Br.CN(C(=O)c1ccc(C(F)(F)F)cc1)c1ccc(Oc2ccc3cc(C(=O)N4CCN(Cc5ccc(OC(F)F)cc5)CC4)n(C)c3c2)nc1. The molecule has 1 aliphatic heterocycles. The third-order valence-corrected chi connectivity index (χ3v) is 8.54. The number of halogens is 6. The van der Waals surface area contributed by atoms with Crippen LogP contribution in [0.3, 0.4) is 0 Å². The van der Waals surface area contributed by atoms with Crippen LogP contribution in [0.5, 0.6) is 17.4 Å². The molecule has 2 amide bonds. The van der Waals surface area contributed by atoms with E-state index in [1.54, 1.807) is 36.4 Å². The molecule has 0 bridgehead atoms. The van der Waals surface area contributed by atoms with E-state index < -0.39 is 24.3 Å². The predicted octanol–water partition coefficient (Wildman–Crippen LogP) is 7.80. The minimum absolute atomic E-state index is 0. The van der Waals surface area contributed by atoms with Gasteiger partial charge in [-0.1, -0.05) is 12.1 Å². The number of carbonyl (C=O) groups is 2. The number of fused-ring (bicyclic) bond motifs is 1. The Morgan fingerprint density at radius 3 is 2.16 bits per heavy atom. The molecule has 2 aromatic heterocycles. The van der Waals surface area contributed by atoms with Gasteiger partial charge >= 0.3 is 12.8 Å². The first kappa shape index (κ1) is 37.2. The number of nitrogens with zero attached hydrogens (tertiary/aromatic N) is 5. The number of hydrogen-bond acceptors (Lipinski definition) is 6. The lowest BCUT2D eigenvalue weighted by molar-refractivity contribution is -0.137. The molecular weight excluding hydrogens is 741 g/mol. The molecule has 6 rings (SSSR count). The Labute approximate surface area is 300 Å². The van der Waals surface area contributed by atoms with Crippen molar-refractivity contribution in [2.75, 3.05) is 38.1 Å². The predicted molar refractivity (Wildman–Crippen MR) is 186 cm³/mol. The van der Waals surface area contributed by atoms with E-state index in [0.717, 1.165) is 40.7 Å². The van der Waals surface area contributed by atoms with E-state index in [-0.39, 0.29) is 40.1 Å². The van der Waals surface area contributed by atoms with Crippen molar-refractivity contribution in [1.29, 1.82) is 0 Å². The van der Waals surface area contributed by atoms with Crippen LogP contribution in [0.1, 0.15) is 32.0 Å². The molecule has 3 heterocycles. The van der Waals surface area contributed by atoms with Crippen molar-refractivity contribution in [3.8, 4) is 17.4 Å². The third-order valence-electron chi connectivity index (χ3n) is 8.54. The normalized spacial score (nSPS) is 13.6. The maximum atomic E-state index is 13.5. The second kappa shape index (κ2) is 15.5. The van der Waals surface area contributed by atoms with Crippen LogP contribution in [0, 0.1) is 0 Å². The molecule has 0 unspecified atom stereocenters. The summed E-state index contributed by atoms with van der Waals surface area (Å²) in [6.07, 6.45) is -3.07. The summed E-state index contributed by atoms with van der Waals surface area (Å²) in [5.41, 5.74) is 1.95. The van der Waals surface area contributed by atoms with E-state index in [0.29, 0.717) is 49.9 Å². The highest BCUT2D eigenvalue weighted by atomic mass is 79.9. The minimum atomic E-state index is -4.49. The van der Waals surface area contributed by atoms with Crippen molar-refractivity contribution >= 4 is 45.4 Å². The van der Waals surface area contributed by atoms with E-state index in [1.165, 1.54) is 30.3 Å². The van der Waals surface area contributed by atoms with Gasteiger partial charge in [-0.3, -0.25) is 14.5 Å². The van der Waals surface area contributed by atoms with E-state index in [1.807, 2.05) is 28.6 Å². The van der Waals surface area contributed by atoms with E-state index in [2.05, 4.69) is 14.6 Å². The lowest BCUT2D eigenvalue weighted by Crippen LogP contribution is -2.48. The number of carbonyl (C=O) groups excluding carboxylic acids is 2. The van der Waals surface area contributed by atoms with Gasteiger partial charge in [-0.2, -0.15) is 22.0 Å². The minimum Gasteiger partial charge on any atom is -0.439 e. The summed E-state index contributed by atoms with van der Waals surface area (Å²) in [6, 6.07) is 21.0. The maximum absolute atomic E-state index is 13.5. The van der Waals surface area contributed by atoms with Gasteiger partial charge in [-0.05, 0) is 66.2 Å². The highest BCUT2D eigenvalue weighted by Crippen LogP contribution is 2.31. The molecule has 0 atom stereocenters. The molecule has 0 saturated carbocycles. The van der Waals surface area contributed by atoms with Crippen LogP contribution in [0.4, 0.5) is 27.6 Å². The lowest BCUT2D eigenvalue weighted by Gasteiger charge is -2.34. The number of rotatable bonds is 9. The zero-order valence-electron chi connectivity index (χ0n) is 27.4. The average molecular weight is 775 g/mol. The Kier molecular flexibility index (Phi) is 11.3.